The number of carbonyl (C=O) groups excluding carboxylic acids is 2. The third-order valence-electron chi connectivity index (χ3n) is 5.07. The van der Waals surface area contributed by atoms with Crippen LogP contribution in [0.1, 0.15) is 17.2 Å². The third-order valence-corrected chi connectivity index (χ3v) is 5.07. The van der Waals surface area contributed by atoms with E-state index in [1.807, 2.05) is 0 Å². The summed E-state index contributed by atoms with van der Waals surface area (Å²) in [6, 6.07) is 13.6. The Morgan fingerprint density at radius 3 is 2.19 bits per heavy atom. The number of anilines is 1. The average molecular weight is 436 g/mol. The summed E-state index contributed by atoms with van der Waals surface area (Å²) < 4.78 is 27.4. The molecule has 0 spiro atoms. The van der Waals surface area contributed by atoms with Crippen LogP contribution < -0.4 is 4.90 Å². The number of non-ortho nitro benzene ring substituents is 1. The summed E-state index contributed by atoms with van der Waals surface area (Å²) >= 11 is 0. The highest BCUT2D eigenvalue weighted by molar-refractivity contribution is 6.51. The van der Waals surface area contributed by atoms with Gasteiger partial charge in [-0.3, -0.25) is 24.6 Å². The lowest BCUT2D eigenvalue weighted by atomic mass is 9.95. The standard InChI is InChI=1S/C23H14F2N2O5/c24-15-8-4-13(5-9-15)20-19(21(28)14-6-10-17(11-7-14)27(31)32)22(29)23(30)26(20)18-3-1-2-16(25)12-18/h1-12,20,28H/b21-19+. The zero-order chi connectivity index (χ0) is 23.0. The number of nitro benzene ring substituents is 1. The van der Waals surface area contributed by atoms with Crippen LogP contribution in [0, 0.1) is 21.7 Å². The Morgan fingerprint density at radius 2 is 1.59 bits per heavy atom. The molecule has 1 saturated heterocycles. The molecule has 1 atom stereocenters. The molecule has 0 bridgehead atoms. The number of amides is 1. The molecule has 0 aromatic heterocycles. The number of hydrogen-bond donors (Lipinski definition) is 1. The SMILES string of the molecule is O=C1C(=O)N(c2cccc(F)c2)C(c2ccc(F)cc2)/C1=C(\O)c1ccc([N+](=O)[O-])cc1. The summed E-state index contributed by atoms with van der Waals surface area (Å²) in [7, 11) is 0. The van der Waals surface area contributed by atoms with Gasteiger partial charge in [0.15, 0.2) is 0 Å². The highest BCUT2D eigenvalue weighted by Gasteiger charge is 2.47. The number of Topliss-reactive ketones (excluding diaryl/α,β-unsaturated/α-hetero) is 1. The maximum Gasteiger partial charge on any atom is 0.300 e. The molecule has 1 aliphatic rings. The molecule has 32 heavy (non-hydrogen) atoms. The second-order valence-electron chi connectivity index (χ2n) is 7.00. The van der Waals surface area contributed by atoms with E-state index in [1.54, 1.807) is 0 Å². The quantitative estimate of drug-likeness (QED) is 0.213. The van der Waals surface area contributed by atoms with Gasteiger partial charge in [-0.25, -0.2) is 8.78 Å². The number of benzene rings is 3. The van der Waals surface area contributed by atoms with Gasteiger partial charge in [-0.1, -0.05) is 18.2 Å². The first-order valence-corrected chi connectivity index (χ1v) is 9.35. The Morgan fingerprint density at radius 1 is 0.938 bits per heavy atom. The van der Waals surface area contributed by atoms with E-state index in [0.29, 0.717) is 5.56 Å². The highest BCUT2D eigenvalue weighted by atomic mass is 19.1. The number of aliphatic hydroxyl groups excluding tert-OH is 1. The molecule has 1 aliphatic heterocycles. The van der Waals surface area contributed by atoms with Crippen molar-refractivity contribution in [3.8, 4) is 0 Å². The van der Waals surface area contributed by atoms with Crippen LogP contribution in [0.2, 0.25) is 0 Å². The van der Waals surface area contributed by atoms with Gasteiger partial charge in [-0.05, 0) is 48.0 Å². The fourth-order valence-electron chi connectivity index (χ4n) is 3.58. The summed E-state index contributed by atoms with van der Waals surface area (Å²) in [4.78, 5) is 37.1. The molecule has 1 fully saturated rings. The van der Waals surface area contributed by atoms with Crippen LogP contribution in [0.5, 0.6) is 0 Å². The highest BCUT2D eigenvalue weighted by Crippen LogP contribution is 2.42. The van der Waals surface area contributed by atoms with Crippen LogP contribution >= 0.6 is 0 Å². The van der Waals surface area contributed by atoms with E-state index in [0.717, 1.165) is 35.2 Å². The second-order valence-corrected chi connectivity index (χ2v) is 7.00. The Bertz CT molecular complexity index is 1270. The lowest BCUT2D eigenvalue weighted by Crippen LogP contribution is -2.29. The largest absolute Gasteiger partial charge is 0.507 e. The van der Waals surface area contributed by atoms with Gasteiger partial charge in [0.2, 0.25) is 0 Å². The minimum absolute atomic E-state index is 0.0694. The van der Waals surface area contributed by atoms with Crippen molar-refractivity contribution in [2.45, 2.75) is 6.04 Å². The number of rotatable bonds is 4. The normalized spacial score (nSPS) is 17.6. The number of carbonyl (C=O) groups is 2. The molecule has 1 heterocycles. The first kappa shape index (κ1) is 20.9. The van der Waals surface area contributed by atoms with Crippen molar-refractivity contribution in [3.63, 3.8) is 0 Å². The van der Waals surface area contributed by atoms with Crippen molar-refractivity contribution < 1.29 is 28.4 Å². The number of hydrogen-bond acceptors (Lipinski definition) is 5. The summed E-state index contributed by atoms with van der Waals surface area (Å²) in [5, 5.41) is 21.8. The molecule has 0 saturated carbocycles. The molecule has 160 valence electrons. The number of nitrogens with zero attached hydrogens (tertiary/aromatic N) is 2. The van der Waals surface area contributed by atoms with Gasteiger partial charge in [-0.2, -0.15) is 0 Å². The zero-order valence-electron chi connectivity index (χ0n) is 16.2. The molecular weight excluding hydrogens is 422 g/mol. The van der Waals surface area contributed by atoms with E-state index in [1.165, 1.54) is 42.5 Å². The predicted molar refractivity (Wildman–Crippen MR) is 111 cm³/mol. The van der Waals surface area contributed by atoms with Crippen LogP contribution in [-0.2, 0) is 9.59 Å². The van der Waals surface area contributed by atoms with Gasteiger partial charge in [0.05, 0.1) is 16.5 Å². The van der Waals surface area contributed by atoms with Crippen LogP contribution in [0.25, 0.3) is 5.76 Å². The first-order chi connectivity index (χ1) is 15.3. The van der Waals surface area contributed by atoms with Crippen LogP contribution in [0.15, 0.2) is 78.4 Å². The van der Waals surface area contributed by atoms with Crippen molar-refractivity contribution >= 4 is 28.8 Å². The second kappa shape index (κ2) is 8.03. The Balaban J connectivity index is 1.92. The number of ketones is 1. The minimum Gasteiger partial charge on any atom is -0.507 e. The monoisotopic (exact) mass is 436 g/mol. The van der Waals surface area contributed by atoms with E-state index in [4.69, 9.17) is 0 Å². The molecule has 7 nitrogen and oxygen atoms in total. The maximum atomic E-state index is 13.9. The van der Waals surface area contributed by atoms with E-state index in [9.17, 15) is 33.6 Å². The zero-order valence-corrected chi connectivity index (χ0v) is 16.2. The number of nitro groups is 1. The smallest absolute Gasteiger partial charge is 0.300 e. The summed E-state index contributed by atoms with van der Waals surface area (Å²) in [6.45, 7) is 0. The van der Waals surface area contributed by atoms with E-state index in [-0.39, 0.29) is 22.5 Å². The maximum absolute atomic E-state index is 13.9. The van der Waals surface area contributed by atoms with Crippen molar-refractivity contribution in [1.29, 1.82) is 0 Å². The molecule has 1 amide bonds. The molecule has 3 aromatic rings. The average Bonchev–Trinajstić information content (AvgIpc) is 3.04. The van der Waals surface area contributed by atoms with Gasteiger partial charge in [0.25, 0.3) is 17.4 Å². The Kier molecular flexibility index (Phi) is 5.23. The van der Waals surface area contributed by atoms with Crippen LogP contribution in [0.4, 0.5) is 20.2 Å². The Hall–Kier alpha value is -4.40. The van der Waals surface area contributed by atoms with Gasteiger partial charge in [-0.15, -0.1) is 0 Å². The Labute approximate surface area is 180 Å². The topological polar surface area (TPSA) is 101 Å². The van der Waals surface area contributed by atoms with E-state index >= 15 is 0 Å². The van der Waals surface area contributed by atoms with E-state index < -0.39 is 40.0 Å². The van der Waals surface area contributed by atoms with Crippen LogP contribution in [-0.4, -0.2) is 21.7 Å². The van der Waals surface area contributed by atoms with Crippen LogP contribution in [0.3, 0.4) is 0 Å². The first-order valence-electron chi connectivity index (χ1n) is 9.35. The van der Waals surface area contributed by atoms with Gasteiger partial charge in [0, 0.05) is 23.4 Å². The lowest BCUT2D eigenvalue weighted by molar-refractivity contribution is -0.384. The fourth-order valence-corrected chi connectivity index (χ4v) is 3.58. The molecule has 0 aliphatic carbocycles. The lowest BCUT2D eigenvalue weighted by Gasteiger charge is -2.25. The molecule has 1 unspecified atom stereocenters. The molecule has 1 N–H and O–H groups in total. The number of halogens is 2. The third kappa shape index (κ3) is 3.60. The number of aliphatic hydroxyl groups is 1. The predicted octanol–water partition coefficient (Wildman–Crippen LogP) is 4.50. The van der Waals surface area contributed by atoms with Crippen molar-refractivity contribution in [2.24, 2.45) is 0 Å². The fraction of sp³-hybridized carbons (Fsp3) is 0.0435. The molecule has 9 heteroatoms. The van der Waals surface area contributed by atoms with Gasteiger partial charge in [0.1, 0.15) is 17.4 Å². The molecular formula is C23H14F2N2O5. The molecule has 4 rings (SSSR count). The summed E-state index contributed by atoms with van der Waals surface area (Å²) in [5.41, 5.74) is -0.0842. The summed E-state index contributed by atoms with van der Waals surface area (Å²) in [5.74, 6) is -3.79. The van der Waals surface area contributed by atoms with Crippen molar-refractivity contribution in [3.05, 3.63) is 111 Å². The summed E-state index contributed by atoms with van der Waals surface area (Å²) in [6.07, 6.45) is 0. The minimum atomic E-state index is -1.17. The van der Waals surface area contributed by atoms with Gasteiger partial charge >= 0.3 is 0 Å². The van der Waals surface area contributed by atoms with Gasteiger partial charge < -0.3 is 5.11 Å². The molecule has 0 radical (unpaired) electrons. The van der Waals surface area contributed by atoms with Crippen molar-refractivity contribution in [1.82, 2.24) is 0 Å². The van der Waals surface area contributed by atoms with E-state index in [2.05, 4.69) is 0 Å². The van der Waals surface area contributed by atoms with Crippen molar-refractivity contribution in [2.75, 3.05) is 4.90 Å². The molecule has 3 aromatic carbocycles.